The highest BCUT2D eigenvalue weighted by atomic mass is 16.4. The van der Waals surface area contributed by atoms with Crippen LogP contribution in [0.15, 0.2) is 0 Å². The number of ketones is 2. The number of carbonyl (C=O) groups is 10. The van der Waals surface area contributed by atoms with Crippen molar-refractivity contribution in [2.24, 2.45) is 11.8 Å². The summed E-state index contributed by atoms with van der Waals surface area (Å²) in [5, 5.41) is 73.9. The van der Waals surface area contributed by atoms with Gasteiger partial charge in [-0.3, -0.25) is 72.8 Å². The fourth-order valence-electron chi connectivity index (χ4n) is 7.94. The van der Waals surface area contributed by atoms with Crippen molar-refractivity contribution in [2.45, 2.75) is 80.7 Å². The number of nitrogens with zero attached hydrogens (tertiary/aromatic N) is 8. The Hall–Kier alpha value is -5.22. The second-order valence-corrected chi connectivity index (χ2v) is 18.8. The molecule has 2 heterocycles. The van der Waals surface area contributed by atoms with Crippen molar-refractivity contribution in [3.63, 3.8) is 0 Å². The van der Waals surface area contributed by atoms with Crippen LogP contribution in [0, 0.1) is 11.8 Å². The SMILES string of the molecule is C.C.CC(C)C(=O)CCC(=O)NCCCCC1CN(CC(=O)[O-])CCN(CC(=O)[O-])CCN(CC(=O)O)CCN1CC(=O)O.CC(C)C(=O)CN1CCN(CC(=O)[O-])CCN(CC(=O)O)CCN(CC(=O)O)CC1. The summed E-state index contributed by atoms with van der Waals surface area (Å²) >= 11 is 0. The van der Waals surface area contributed by atoms with Gasteiger partial charge < -0.3 is 55.4 Å². The Balaban J connectivity index is 0. The molecule has 0 aromatic rings. The minimum atomic E-state index is -1.33. The third-order valence-electron chi connectivity index (χ3n) is 12.1. The lowest BCUT2D eigenvalue weighted by atomic mass is 10.0. The fourth-order valence-corrected chi connectivity index (χ4v) is 7.94. The zero-order valence-electron chi connectivity index (χ0n) is 42.4. The molecule has 0 spiro atoms. The number of hydrogen-bond acceptors (Lipinski definition) is 21. The van der Waals surface area contributed by atoms with Crippen LogP contribution in [0.2, 0.25) is 0 Å². The van der Waals surface area contributed by atoms with E-state index in [1.165, 1.54) is 0 Å². The van der Waals surface area contributed by atoms with Crippen molar-refractivity contribution in [1.29, 1.82) is 0 Å². The van der Waals surface area contributed by atoms with Crippen LogP contribution in [0.5, 0.6) is 0 Å². The number of aliphatic carboxylic acids is 7. The van der Waals surface area contributed by atoms with E-state index < -0.39 is 60.9 Å². The molecular weight excluding hydrogens is 975 g/mol. The van der Waals surface area contributed by atoms with Gasteiger partial charge in [0.1, 0.15) is 11.6 Å². The molecule has 0 radical (unpaired) electrons. The van der Waals surface area contributed by atoms with E-state index in [1.54, 1.807) is 48.1 Å². The molecule has 1 unspecified atom stereocenters. The Morgan fingerprint density at radius 1 is 0.432 bits per heavy atom. The Kier molecular flexibility index (Phi) is 37.6. The summed E-state index contributed by atoms with van der Waals surface area (Å²) in [4.78, 5) is 129. The molecule has 74 heavy (non-hydrogen) atoms. The average molecular weight is 1060 g/mol. The summed E-state index contributed by atoms with van der Waals surface area (Å²) in [5.41, 5.74) is 0. The van der Waals surface area contributed by atoms with E-state index in [0.29, 0.717) is 78.2 Å². The highest BCUT2D eigenvalue weighted by molar-refractivity contribution is 5.86. The first-order chi connectivity index (χ1) is 33.8. The minimum Gasteiger partial charge on any atom is -0.549 e. The van der Waals surface area contributed by atoms with Crippen molar-refractivity contribution in [2.75, 3.05) is 157 Å². The molecule has 5 N–H and O–H groups in total. The first-order valence-electron chi connectivity index (χ1n) is 24.4. The first kappa shape index (κ1) is 70.9. The van der Waals surface area contributed by atoms with Gasteiger partial charge in [0.05, 0.1) is 50.6 Å². The Morgan fingerprint density at radius 2 is 0.757 bits per heavy atom. The van der Waals surface area contributed by atoms with Crippen LogP contribution < -0.4 is 20.6 Å². The third-order valence-corrected chi connectivity index (χ3v) is 12.1. The molecule has 428 valence electrons. The molecule has 1 amide bonds. The van der Waals surface area contributed by atoms with Gasteiger partial charge in [0.2, 0.25) is 5.91 Å². The topological polar surface area (TPSA) is 359 Å². The van der Waals surface area contributed by atoms with Gasteiger partial charge in [-0.05, 0) is 12.8 Å². The van der Waals surface area contributed by atoms with Crippen LogP contribution in [0.4, 0.5) is 0 Å². The van der Waals surface area contributed by atoms with E-state index >= 15 is 0 Å². The van der Waals surface area contributed by atoms with Crippen molar-refractivity contribution in [3.8, 4) is 0 Å². The van der Waals surface area contributed by atoms with E-state index in [4.69, 9.17) is 5.11 Å². The molecule has 0 aliphatic carbocycles. The molecule has 2 fully saturated rings. The number of Topliss-reactive ketones (excluding diaryl/α,β-unsaturated/α-hetero) is 2. The second kappa shape index (κ2) is 39.2. The quantitative estimate of drug-likeness (QED) is 0.0507. The standard InChI is InChI=1S/C27H47N5O10.C19H34N4O7.2CH4/c1-20(2)22(33)6-7-23(34)28-8-4-3-5-21-15-31(18-26(39)40)12-11-29(16-24(35)36)9-10-30(17-25(37)38)13-14-32(21)19-27(41)42;1-15(2)16(24)11-20-3-5-21(12-17(25)26)7-9-23(14-19(29)30)10-8-22(6-4-20)13-18(27)28;;/h20-21H,3-19H2,1-2H3,(H,28,34)(H,35,36)(H,37,38)(H,39,40)(H,41,42);15H,3-14H2,1-2H3,(H,25,26)(H,27,28)(H,29,30);2*1H4/p-3. The van der Waals surface area contributed by atoms with Crippen LogP contribution in [0.25, 0.3) is 0 Å². The normalized spacial score (nSPS) is 18.3. The maximum absolute atomic E-state index is 12.2. The Bertz CT molecular complexity index is 1730. The minimum absolute atomic E-state index is 0. The number of carboxylic acids is 7. The smallest absolute Gasteiger partial charge is 0.317 e. The molecule has 26 nitrogen and oxygen atoms in total. The van der Waals surface area contributed by atoms with E-state index in [1.807, 2.05) is 18.7 Å². The van der Waals surface area contributed by atoms with E-state index in [0.717, 1.165) is 0 Å². The summed E-state index contributed by atoms with van der Waals surface area (Å²) in [6.45, 7) is 9.82. The van der Waals surface area contributed by atoms with E-state index in [-0.39, 0.29) is 142 Å². The van der Waals surface area contributed by atoms with Gasteiger partial charge in [-0.2, -0.15) is 0 Å². The van der Waals surface area contributed by atoms with Crippen molar-refractivity contribution >= 4 is 59.3 Å². The predicted molar refractivity (Wildman–Crippen MR) is 265 cm³/mol. The van der Waals surface area contributed by atoms with E-state index in [2.05, 4.69) is 5.32 Å². The summed E-state index contributed by atoms with van der Waals surface area (Å²) in [6, 6.07) is -0.430. The van der Waals surface area contributed by atoms with Gasteiger partial charge in [-0.1, -0.05) is 49.0 Å². The predicted octanol–water partition coefficient (Wildman–Crippen LogP) is -4.84. The van der Waals surface area contributed by atoms with Crippen LogP contribution >= 0.6 is 0 Å². The molecule has 2 saturated heterocycles. The van der Waals surface area contributed by atoms with Crippen molar-refractivity contribution < 1.29 is 83.7 Å². The lowest BCUT2D eigenvalue weighted by Gasteiger charge is -2.38. The molecule has 0 aromatic heterocycles. The van der Waals surface area contributed by atoms with Crippen LogP contribution in [-0.2, 0) is 47.9 Å². The maximum atomic E-state index is 12.2. The molecular formula is C48H86N9O17-3. The van der Waals surface area contributed by atoms with Crippen LogP contribution in [-0.4, -0.2) is 282 Å². The maximum Gasteiger partial charge on any atom is 0.317 e. The summed E-state index contributed by atoms with van der Waals surface area (Å²) in [7, 11) is 0. The second-order valence-electron chi connectivity index (χ2n) is 18.8. The zero-order valence-corrected chi connectivity index (χ0v) is 42.4. The van der Waals surface area contributed by atoms with Gasteiger partial charge in [-0.15, -0.1) is 0 Å². The monoisotopic (exact) mass is 1060 g/mol. The molecule has 2 aliphatic rings. The van der Waals surface area contributed by atoms with Gasteiger partial charge in [0.15, 0.2) is 0 Å². The lowest BCUT2D eigenvalue weighted by Crippen LogP contribution is -2.54. The number of carbonyl (C=O) groups excluding carboxylic acids is 6. The molecule has 1 atom stereocenters. The van der Waals surface area contributed by atoms with Gasteiger partial charge in [0.25, 0.3) is 0 Å². The summed E-state index contributed by atoms with van der Waals surface area (Å²) < 4.78 is 0. The van der Waals surface area contributed by atoms with Crippen molar-refractivity contribution in [1.82, 2.24) is 44.5 Å². The molecule has 26 heteroatoms. The number of nitrogens with one attached hydrogen (secondary N) is 1. The third kappa shape index (κ3) is 35.1. The molecule has 0 aromatic carbocycles. The largest absolute Gasteiger partial charge is 0.549 e. The summed E-state index contributed by atoms with van der Waals surface area (Å²) in [5.74, 6) is -8.45. The lowest BCUT2D eigenvalue weighted by molar-refractivity contribution is -0.308. The van der Waals surface area contributed by atoms with Crippen molar-refractivity contribution in [3.05, 3.63) is 0 Å². The highest BCUT2D eigenvalue weighted by Crippen LogP contribution is 2.14. The zero-order chi connectivity index (χ0) is 54.3. The summed E-state index contributed by atoms with van der Waals surface area (Å²) in [6.07, 6.45) is 1.86. The number of carboxylic acid groups (broad SMARTS) is 7. The molecule has 0 bridgehead atoms. The number of amides is 1. The van der Waals surface area contributed by atoms with Gasteiger partial charge >= 0.3 is 23.9 Å². The molecule has 2 rings (SSSR count). The van der Waals surface area contributed by atoms with Gasteiger partial charge in [0, 0.05) is 155 Å². The number of hydrogen-bond donors (Lipinski definition) is 5. The highest BCUT2D eigenvalue weighted by Gasteiger charge is 2.27. The van der Waals surface area contributed by atoms with E-state index in [9.17, 15) is 78.6 Å². The van der Waals surface area contributed by atoms with Crippen LogP contribution in [0.3, 0.4) is 0 Å². The average Bonchev–Trinajstić information content (AvgIpc) is 3.26. The van der Waals surface area contributed by atoms with Gasteiger partial charge in [-0.25, -0.2) is 0 Å². The number of unbranched alkanes of at least 4 members (excludes halogenated alkanes) is 1. The first-order valence-corrected chi connectivity index (χ1v) is 24.4. The van der Waals surface area contributed by atoms with Crippen LogP contribution in [0.1, 0.15) is 74.7 Å². The number of rotatable bonds is 26. The molecule has 0 saturated carbocycles. The Morgan fingerprint density at radius 3 is 1.11 bits per heavy atom. The fraction of sp³-hybridized carbons (Fsp3) is 0.792. The Labute approximate surface area is 436 Å². The molecule has 2 aliphatic heterocycles.